The molecule has 0 fully saturated rings. The van der Waals surface area contributed by atoms with Crippen molar-refractivity contribution in [3.05, 3.63) is 80.7 Å². The summed E-state index contributed by atoms with van der Waals surface area (Å²) in [5.74, 6) is 1.28. The van der Waals surface area contributed by atoms with Gasteiger partial charge in [-0.25, -0.2) is 0 Å². The number of nitro groups is 1. The second kappa shape index (κ2) is 8.39. The van der Waals surface area contributed by atoms with Crippen molar-refractivity contribution < 1.29 is 18.9 Å². The minimum Gasteiger partial charge on any atom is -0.493 e. The Kier molecular flexibility index (Phi) is 5.74. The molecule has 0 bridgehead atoms. The average Bonchev–Trinajstić information content (AvgIpc) is 3.07. The normalized spacial score (nSPS) is 11.0. The quantitative estimate of drug-likeness (QED) is 0.425. The van der Waals surface area contributed by atoms with Crippen LogP contribution in [0.4, 0.5) is 5.69 Å². The Morgan fingerprint density at radius 2 is 1.86 bits per heavy atom. The fourth-order valence-electron chi connectivity index (χ4n) is 2.64. The summed E-state index contributed by atoms with van der Waals surface area (Å²) in [6.07, 6.45) is 3.21. The van der Waals surface area contributed by atoms with Crippen molar-refractivity contribution in [3.8, 4) is 11.5 Å². The van der Waals surface area contributed by atoms with Crippen molar-refractivity contribution in [2.24, 2.45) is 0 Å². The number of benzene rings is 2. The van der Waals surface area contributed by atoms with Crippen LogP contribution in [0, 0.1) is 24.0 Å². The lowest BCUT2D eigenvalue weighted by Gasteiger charge is -2.11. The second-order valence-corrected chi connectivity index (χ2v) is 6.26. The summed E-state index contributed by atoms with van der Waals surface area (Å²) in [6, 6.07) is 13.5. The molecule has 3 aromatic rings. The minimum absolute atomic E-state index is 0.0983. The Balaban J connectivity index is 1.75. The van der Waals surface area contributed by atoms with Gasteiger partial charge in [-0.1, -0.05) is 47.1 Å². The first kappa shape index (κ1) is 19.2. The Hall–Kier alpha value is -3.61. The van der Waals surface area contributed by atoms with Gasteiger partial charge in [0.05, 0.1) is 12.0 Å². The van der Waals surface area contributed by atoms with Gasteiger partial charge in [0.25, 0.3) is 0 Å². The Morgan fingerprint density at radius 3 is 2.54 bits per heavy atom. The fourth-order valence-corrected chi connectivity index (χ4v) is 2.64. The predicted molar refractivity (Wildman–Crippen MR) is 105 cm³/mol. The van der Waals surface area contributed by atoms with Crippen molar-refractivity contribution in [1.82, 2.24) is 5.16 Å². The summed E-state index contributed by atoms with van der Waals surface area (Å²) in [4.78, 5) is 10.6. The lowest BCUT2D eigenvalue weighted by atomic mass is 10.1. The minimum atomic E-state index is -0.506. The van der Waals surface area contributed by atoms with Gasteiger partial charge >= 0.3 is 5.69 Å². The molecule has 0 aliphatic heterocycles. The second-order valence-electron chi connectivity index (χ2n) is 6.26. The first-order valence-electron chi connectivity index (χ1n) is 8.63. The van der Waals surface area contributed by atoms with E-state index in [1.54, 1.807) is 25.3 Å². The van der Waals surface area contributed by atoms with Gasteiger partial charge in [-0.15, -0.1) is 0 Å². The van der Waals surface area contributed by atoms with Crippen molar-refractivity contribution in [2.45, 2.75) is 20.5 Å². The molecule has 3 rings (SSSR count). The van der Waals surface area contributed by atoms with Crippen molar-refractivity contribution in [2.75, 3.05) is 7.11 Å². The van der Waals surface area contributed by atoms with Gasteiger partial charge in [0.2, 0.25) is 5.76 Å². The molecule has 7 heteroatoms. The monoisotopic (exact) mass is 380 g/mol. The van der Waals surface area contributed by atoms with E-state index in [0.29, 0.717) is 18.1 Å². The third-order valence-electron chi connectivity index (χ3n) is 4.17. The number of hydrogen-bond acceptors (Lipinski definition) is 6. The first-order valence-corrected chi connectivity index (χ1v) is 8.63. The fraction of sp³-hybridized carbons (Fsp3) is 0.190. The maximum absolute atomic E-state index is 11.1. The van der Waals surface area contributed by atoms with Gasteiger partial charge in [0, 0.05) is 0 Å². The van der Waals surface area contributed by atoms with Crippen LogP contribution in [-0.4, -0.2) is 17.2 Å². The van der Waals surface area contributed by atoms with E-state index < -0.39 is 4.92 Å². The molecule has 2 aromatic carbocycles. The van der Waals surface area contributed by atoms with Gasteiger partial charge in [-0.2, -0.15) is 0 Å². The van der Waals surface area contributed by atoms with Gasteiger partial charge in [-0.3, -0.25) is 10.1 Å². The standard InChI is InChI=1S/C21H20N2O5/c1-14-4-6-17(7-5-14)13-27-18-10-8-16(12-20(18)26-3)9-11-19-21(23(24)25)15(2)22-28-19/h4-12H,13H2,1-3H3/b11-9-. The zero-order valence-corrected chi connectivity index (χ0v) is 15.8. The van der Waals surface area contributed by atoms with Crippen LogP contribution < -0.4 is 9.47 Å². The molecular weight excluding hydrogens is 360 g/mol. The highest BCUT2D eigenvalue weighted by atomic mass is 16.6. The molecule has 0 atom stereocenters. The lowest BCUT2D eigenvalue weighted by molar-refractivity contribution is -0.386. The van der Waals surface area contributed by atoms with Crippen LogP contribution in [0.15, 0.2) is 47.0 Å². The smallest absolute Gasteiger partial charge is 0.338 e. The molecule has 28 heavy (non-hydrogen) atoms. The summed E-state index contributed by atoms with van der Waals surface area (Å²) in [5, 5.41) is 14.7. The molecular formula is C21H20N2O5. The molecule has 0 aliphatic carbocycles. The van der Waals surface area contributed by atoms with Gasteiger partial charge in [0.15, 0.2) is 17.2 Å². The van der Waals surface area contributed by atoms with Crippen molar-refractivity contribution >= 4 is 17.8 Å². The molecule has 1 heterocycles. The number of aromatic nitrogens is 1. The molecule has 0 saturated heterocycles. The predicted octanol–water partition coefficient (Wildman–Crippen LogP) is 4.96. The lowest BCUT2D eigenvalue weighted by Crippen LogP contribution is -1.98. The van der Waals surface area contributed by atoms with E-state index in [1.807, 2.05) is 37.3 Å². The van der Waals surface area contributed by atoms with E-state index >= 15 is 0 Å². The first-order chi connectivity index (χ1) is 13.5. The Labute approximate surface area is 162 Å². The molecule has 0 unspecified atom stereocenters. The summed E-state index contributed by atoms with van der Waals surface area (Å²) < 4.78 is 16.3. The SMILES string of the molecule is COc1cc(/C=C\c2onc(C)c2[N+](=O)[O-])ccc1OCc1ccc(C)cc1. The highest BCUT2D eigenvalue weighted by Crippen LogP contribution is 2.30. The number of hydrogen-bond donors (Lipinski definition) is 0. The van der Waals surface area contributed by atoms with E-state index in [4.69, 9.17) is 14.0 Å². The summed E-state index contributed by atoms with van der Waals surface area (Å²) in [5.41, 5.74) is 3.13. The largest absolute Gasteiger partial charge is 0.493 e. The third-order valence-corrected chi connectivity index (χ3v) is 4.17. The average molecular weight is 380 g/mol. The molecule has 0 N–H and O–H groups in total. The van der Waals surface area contributed by atoms with E-state index in [2.05, 4.69) is 5.16 Å². The maximum Gasteiger partial charge on any atom is 0.338 e. The number of rotatable bonds is 7. The zero-order valence-electron chi connectivity index (χ0n) is 15.8. The van der Waals surface area contributed by atoms with E-state index in [9.17, 15) is 10.1 Å². The number of methoxy groups -OCH3 is 1. The van der Waals surface area contributed by atoms with Crippen LogP contribution in [0.3, 0.4) is 0 Å². The van der Waals surface area contributed by atoms with Gasteiger partial charge in [0.1, 0.15) is 6.61 Å². The van der Waals surface area contributed by atoms with Crippen LogP contribution in [-0.2, 0) is 6.61 Å². The van der Waals surface area contributed by atoms with Crippen LogP contribution in [0.25, 0.3) is 12.2 Å². The zero-order chi connectivity index (χ0) is 20.1. The Bertz CT molecular complexity index is 1010. The third kappa shape index (κ3) is 4.37. The van der Waals surface area contributed by atoms with Gasteiger partial charge in [-0.05, 0) is 43.2 Å². The number of aryl methyl sites for hydroxylation is 2. The summed E-state index contributed by atoms with van der Waals surface area (Å²) in [7, 11) is 1.56. The molecule has 7 nitrogen and oxygen atoms in total. The highest BCUT2D eigenvalue weighted by Gasteiger charge is 2.21. The number of ether oxygens (including phenoxy) is 2. The highest BCUT2D eigenvalue weighted by molar-refractivity contribution is 5.72. The van der Waals surface area contributed by atoms with E-state index in [1.165, 1.54) is 18.6 Å². The van der Waals surface area contributed by atoms with Crippen LogP contribution in [0.5, 0.6) is 11.5 Å². The molecule has 1 aromatic heterocycles. The van der Waals surface area contributed by atoms with Crippen molar-refractivity contribution in [1.29, 1.82) is 0 Å². The van der Waals surface area contributed by atoms with Crippen LogP contribution in [0.1, 0.15) is 28.1 Å². The summed E-state index contributed by atoms with van der Waals surface area (Å²) in [6.45, 7) is 3.99. The topological polar surface area (TPSA) is 87.6 Å². The molecule has 0 spiro atoms. The molecule has 0 radical (unpaired) electrons. The molecule has 0 amide bonds. The summed E-state index contributed by atoms with van der Waals surface area (Å²) >= 11 is 0. The molecule has 0 saturated carbocycles. The Morgan fingerprint density at radius 1 is 1.11 bits per heavy atom. The van der Waals surface area contributed by atoms with Gasteiger partial charge < -0.3 is 14.0 Å². The molecule has 144 valence electrons. The van der Waals surface area contributed by atoms with E-state index in [-0.39, 0.29) is 17.1 Å². The van der Waals surface area contributed by atoms with E-state index in [0.717, 1.165) is 11.1 Å². The van der Waals surface area contributed by atoms with Crippen LogP contribution in [0.2, 0.25) is 0 Å². The number of nitrogens with zero attached hydrogens (tertiary/aromatic N) is 2. The van der Waals surface area contributed by atoms with Crippen LogP contribution >= 0.6 is 0 Å². The maximum atomic E-state index is 11.1. The molecule has 0 aliphatic rings. The van der Waals surface area contributed by atoms with Crippen molar-refractivity contribution in [3.63, 3.8) is 0 Å².